The van der Waals surface area contributed by atoms with Gasteiger partial charge in [-0.3, -0.25) is 14.4 Å². The second-order valence-electron chi connectivity index (χ2n) is 8.98. The van der Waals surface area contributed by atoms with E-state index in [0.29, 0.717) is 18.5 Å². The number of anilines is 2. The van der Waals surface area contributed by atoms with Crippen molar-refractivity contribution in [3.63, 3.8) is 0 Å². The number of piperazine rings is 1. The van der Waals surface area contributed by atoms with Gasteiger partial charge in [0.25, 0.3) is 11.5 Å². The largest absolute Gasteiger partial charge is 0.486 e. The van der Waals surface area contributed by atoms with Crippen molar-refractivity contribution >= 4 is 23.3 Å². The number of pyridine rings is 1. The third kappa shape index (κ3) is 5.97. The van der Waals surface area contributed by atoms with Gasteiger partial charge in [0.2, 0.25) is 5.91 Å². The zero-order chi connectivity index (χ0) is 31.9. The molecule has 1 unspecified atom stereocenters. The lowest BCUT2D eigenvalue weighted by molar-refractivity contribution is -0.141. The highest BCUT2D eigenvalue weighted by Crippen LogP contribution is 2.39. The predicted octanol–water partition coefficient (Wildman–Crippen LogP) is 2.07. The van der Waals surface area contributed by atoms with Gasteiger partial charge >= 0.3 is 12.4 Å². The van der Waals surface area contributed by atoms with Crippen LogP contribution in [0.25, 0.3) is 0 Å². The molecule has 0 aliphatic carbocycles. The van der Waals surface area contributed by atoms with Crippen LogP contribution in [0, 0.1) is 0 Å². The lowest BCUT2D eigenvalue weighted by atomic mass is 10.0. The molecule has 2 aliphatic heterocycles. The zero-order valence-corrected chi connectivity index (χ0v) is 20.7. The summed E-state index contributed by atoms with van der Waals surface area (Å²) >= 11 is 0. The first kappa shape index (κ1) is 25.1. The van der Waals surface area contributed by atoms with E-state index in [-0.39, 0.29) is 50.0 Å². The minimum Gasteiger partial charge on any atom is -0.486 e. The van der Waals surface area contributed by atoms with Crippen molar-refractivity contribution in [1.82, 2.24) is 20.1 Å². The van der Waals surface area contributed by atoms with Gasteiger partial charge in [-0.15, -0.1) is 0 Å². The number of carbonyl (C=O) groups excluding carboxylic acids is 2. The summed E-state index contributed by atoms with van der Waals surface area (Å²) in [6, 6.07) is -0.673. The molecular formula is C23H24F6N6O5. The van der Waals surface area contributed by atoms with Crippen molar-refractivity contribution in [2.45, 2.75) is 37.8 Å². The van der Waals surface area contributed by atoms with E-state index in [0.717, 1.165) is 0 Å². The lowest BCUT2D eigenvalue weighted by Gasteiger charge is -2.46. The number of alkyl halides is 6. The van der Waals surface area contributed by atoms with E-state index in [1.54, 1.807) is 5.10 Å². The minimum atomic E-state index is -4.99. The van der Waals surface area contributed by atoms with E-state index >= 15 is 0 Å². The minimum absolute atomic E-state index is 0.0279. The van der Waals surface area contributed by atoms with Crippen LogP contribution in [0.3, 0.4) is 0 Å². The standard InChI is InChI=1S/C23H24F6N6O5/c1-12(40-16-9-31-32-20(37)18(16)23(27,28)29)11-39-6-3-17(36)34-4-5-35-15(10-34)21(38)33(2)14-7-13(22(24,25)26)8-30-19(14)35/h7-9,12,15H,3-6,10-11H2,1-2H3,(H,32,37)/t12-,15?/m0/s1/i2D3. The average Bonchev–Trinajstić information content (AvgIpc) is 2.88. The predicted molar refractivity (Wildman–Crippen MR) is 126 cm³/mol. The maximum Gasteiger partial charge on any atom is 0.425 e. The summed E-state index contributed by atoms with van der Waals surface area (Å²) in [4.78, 5) is 44.3. The van der Waals surface area contributed by atoms with Crippen LogP contribution in [-0.2, 0) is 26.7 Å². The number of H-pyrrole nitrogens is 1. The third-order valence-electron chi connectivity index (χ3n) is 6.17. The van der Waals surface area contributed by atoms with E-state index in [2.05, 4.69) is 10.1 Å². The molecule has 0 radical (unpaired) electrons. The lowest BCUT2D eigenvalue weighted by Crippen LogP contribution is -2.63. The molecule has 17 heteroatoms. The van der Waals surface area contributed by atoms with Crippen LogP contribution in [0.1, 0.15) is 28.6 Å². The summed E-state index contributed by atoms with van der Waals surface area (Å²) in [5.41, 5.74) is -4.78. The van der Waals surface area contributed by atoms with E-state index in [1.165, 1.54) is 16.7 Å². The average molecular weight is 581 g/mol. The summed E-state index contributed by atoms with van der Waals surface area (Å²) in [7, 11) is 0. The van der Waals surface area contributed by atoms with Gasteiger partial charge in [0.05, 0.1) is 43.6 Å². The Hall–Kier alpha value is -3.89. The first-order valence-electron chi connectivity index (χ1n) is 13.2. The number of ether oxygens (including phenoxy) is 2. The molecule has 218 valence electrons. The van der Waals surface area contributed by atoms with Crippen LogP contribution in [0.15, 0.2) is 23.3 Å². The molecule has 2 aromatic rings. The van der Waals surface area contributed by atoms with Crippen molar-refractivity contribution in [3.8, 4) is 5.75 Å². The van der Waals surface area contributed by atoms with Gasteiger partial charge in [-0.25, -0.2) is 10.1 Å². The van der Waals surface area contributed by atoms with Crippen LogP contribution < -0.4 is 20.1 Å². The fourth-order valence-corrected chi connectivity index (χ4v) is 4.29. The Bertz CT molecular complexity index is 1440. The molecule has 2 aliphatic rings. The second kappa shape index (κ2) is 10.9. The maximum atomic E-state index is 13.3. The topological polar surface area (TPSA) is 121 Å². The Morgan fingerprint density at radius 2 is 1.95 bits per heavy atom. The molecule has 2 atom stereocenters. The Morgan fingerprint density at radius 1 is 1.20 bits per heavy atom. The van der Waals surface area contributed by atoms with Crippen molar-refractivity contribution in [1.29, 1.82) is 0 Å². The molecule has 0 aromatic carbocycles. The number of halogens is 6. The maximum absolute atomic E-state index is 13.3. The van der Waals surface area contributed by atoms with Crippen LogP contribution in [0.4, 0.5) is 37.8 Å². The van der Waals surface area contributed by atoms with Crippen LogP contribution >= 0.6 is 0 Å². The highest BCUT2D eigenvalue weighted by Gasteiger charge is 2.43. The Kier molecular flexibility index (Phi) is 6.86. The first-order valence-corrected chi connectivity index (χ1v) is 11.7. The number of rotatable bonds is 7. The normalized spacial score (nSPS) is 19.8. The number of hydrogen-bond donors (Lipinski definition) is 1. The number of aromatic nitrogens is 3. The van der Waals surface area contributed by atoms with E-state index < -0.39 is 71.4 Å². The smallest absolute Gasteiger partial charge is 0.425 e. The van der Waals surface area contributed by atoms with Crippen molar-refractivity contribution in [3.05, 3.63) is 39.9 Å². The zero-order valence-electron chi connectivity index (χ0n) is 23.7. The molecule has 1 N–H and O–H groups in total. The monoisotopic (exact) mass is 581 g/mol. The summed E-state index contributed by atoms with van der Waals surface area (Å²) < 4.78 is 113. The van der Waals surface area contributed by atoms with Crippen molar-refractivity contribution in [2.24, 2.45) is 0 Å². The van der Waals surface area contributed by atoms with Crippen molar-refractivity contribution in [2.75, 3.05) is 49.6 Å². The molecular weight excluding hydrogens is 554 g/mol. The molecule has 40 heavy (non-hydrogen) atoms. The first-order chi connectivity index (χ1) is 19.9. The highest BCUT2D eigenvalue weighted by molar-refractivity contribution is 6.05. The fraction of sp³-hybridized carbons (Fsp3) is 0.522. The number of aromatic amines is 1. The Balaban J connectivity index is 1.37. The van der Waals surface area contributed by atoms with Gasteiger partial charge in [-0.1, -0.05) is 0 Å². The van der Waals surface area contributed by atoms with E-state index in [1.807, 2.05) is 0 Å². The summed E-state index contributed by atoms with van der Waals surface area (Å²) in [5.74, 6) is -2.45. The Morgan fingerprint density at radius 3 is 2.62 bits per heavy atom. The number of fused-ring (bicyclic) bond motifs is 3. The number of carbonyl (C=O) groups is 2. The van der Waals surface area contributed by atoms with E-state index in [4.69, 9.17) is 13.6 Å². The van der Waals surface area contributed by atoms with Crippen molar-refractivity contribution < 1.29 is 49.5 Å². The third-order valence-corrected chi connectivity index (χ3v) is 6.17. The summed E-state index contributed by atoms with van der Waals surface area (Å²) in [5, 5.41) is 4.98. The van der Waals surface area contributed by atoms with E-state index in [9.17, 15) is 40.7 Å². The molecule has 1 saturated heterocycles. The van der Waals surface area contributed by atoms with Gasteiger partial charge in [0.1, 0.15) is 12.1 Å². The number of nitrogens with zero attached hydrogens (tertiary/aromatic N) is 5. The van der Waals surface area contributed by atoms with Gasteiger partial charge in [-0.05, 0) is 13.0 Å². The molecule has 11 nitrogen and oxygen atoms in total. The SMILES string of the molecule is [2H]C([2H])([2H])N1C(=O)C2CN(C(=O)CCOC[C@H](C)Oc3cn[nH]c(=O)c3C(F)(F)F)CCN2c2ncc(C(F)(F)F)cc21. The molecule has 0 saturated carbocycles. The summed E-state index contributed by atoms with van der Waals surface area (Å²) in [6.07, 6.45) is -9.77. The Labute approximate surface area is 226 Å². The number of nitrogens with one attached hydrogen (secondary N) is 1. The number of amides is 2. The number of hydrogen-bond acceptors (Lipinski definition) is 8. The second-order valence-corrected chi connectivity index (χ2v) is 8.98. The van der Waals surface area contributed by atoms with Crippen LogP contribution in [-0.4, -0.2) is 83.9 Å². The molecule has 4 rings (SSSR count). The molecule has 4 heterocycles. The molecule has 0 bridgehead atoms. The molecule has 0 spiro atoms. The molecule has 2 aromatic heterocycles. The molecule has 1 fully saturated rings. The van der Waals surface area contributed by atoms with Gasteiger partial charge in [0, 0.05) is 30.4 Å². The fourth-order valence-electron chi connectivity index (χ4n) is 4.29. The number of likely N-dealkylation sites (N-methyl/N-ethyl adjacent to an activating group) is 1. The van der Waals surface area contributed by atoms with Gasteiger partial charge < -0.3 is 24.2 Å². The quantitative estimate of drug-likeness (QED) is 0.390. The van der Waals surface area contributed by atoms with Gasteiger partial charge in [-0.2, -0.15) is 31.4 Å². The summed E-state index contributed by atoms with van der Waals surface area (Å²) in [6.45, 7) is -2.49. The highest BCUT2D eigenvalue weighted by atomic mass is 19.4. The van der Waals surface area contributed by atoms with Crippen LogP contribution in [0.5, 0.6) is 5.75 Å². The molecule has 2 amide bonds. The van der Waals surface area contributed by atoms with Gasteiger partial charge in [0.15, 0.2) is 17.1 Å². The van der Waals surface area contributed by atoms with Crippen LogP contribution in [0.2, 0.25) is 0 Å².